The Bertz CT molecular complexity index is 831. The Kier molecular flexibility index (Phi) is 4.35. The number of anilines is 1. The van der Waals surface area contributed by atoms with Gasteiger partial charge in [0.25, 0.3) is 0 Å². The molecule has 1 N–H and O–H groups in total. The van der Waals surface area contributed by atoms with Crippen molar-refractivity contribution in [3.8, 4) is 6.07 Å². The summed E-state index contributed by atoms with van der Waals surface area (Å²) in [7, 11) is 0. The number of hydrogen-bond donors (Lipinski definition) is 1. The van der Waals surface area contributed by atoms with E-state index in [9.17, 15) is 18.3 Å². The van der Waals surface area contributed by atoms with E-state index in [1.165, 1.54) is 12.1 Å². The van der Waals surface area contributed by atoms with Crippen LogP contribution in [0.15, 0.2) is 30.3 Å². The Labute approximate surface area is 142 Å². The molecule has 2 aromatic rings. The van der Waals surface area contributed by atoms with Gasteiger partial charge in [-0.2, -0.15) is 18.4 Å². The summed E-state index contributed by atoms with van der Waals surface area (Å²) in [6, 6.07) is 7.99. The summed E-state index contributed by atoms with van der Waals surface area (Å²) < 4.78 is 38.9. The highest BCUT2D eigenvalue weighted by Gasteiger charge is 2.36. The number of aliphatic hydroxyl groups excluding tert-OH is 1. The molecule has 3 rings (SSSR count). The second kappa shape index (κ2) is 6.33. The molecular formula is C17H15F3N4O. The zero-order valence-electron chi connectivity index (χ0n) is 13.3. The van der Waals surface area contributed by atoms with Crippen molar-refractivity contribution in [2.75, 3.05) is 11.4 Å². The van der Waals surface area contributed by atoms with Gasteiger partial charge in [-0.05, 0) is 37.1 Å². The van der Waals surface area contributed by atoms with Gasteiger partial charge in [0.1, 0.15) is 11.8 Å². The highest BCUT2D eigenvalue weighted by molar-refractivity contribution is 5.43. The summed E-state index contributed by atoms with van der Waals surface area (Å²) >= 11 is 0. The first-order valence-corrected chi connectivity index (χ1v) is 7.65. The fraction of sp³-hybridized carbons (Fsp3) is 0.353. The van der Waals surface area contributed by atoms with Gasteiger partial charge in [-0.3, -0.25) is 0 Å². The van der Waals surface area contributed by atoms with Crippen molar-refractivity contribution in [1.29, 1.82) is 5.26 Å². The van der Waals surface area contributed by atoms with Gasteiger partial charge in [0.15, 0.2) is 0 Å². The first kappa shape index (κ1) is 17.2. The second-order valence-corrected chi connectivity index (χ2v) is 5.99. The van der Waals surface area contributed by atoms with Gasteiger partial charge in [0.2, 0.25) is 5.95 Å². The Morgan fingerprint density at radius 3 is 2.72 bits per heavy atom. The maximum atomic E-state index is 13.0. The summed E-state index contributed by atoms with van der Waals surface area (Å²) in [6.45, 7) is 1.90. The third-order valence-corrected chi connectivity index (χ3v) is 4.09. The van der Waals surface area contributed by atoms with Gasteiger partial charge >= 0.3 is 6.18 Å². The van der Waals surface area contributed by atoms with E-state index < -0.39 is 23.9 Å². The molecule has 1 aliphatic rings. The Morgan fingerprint density at radius 1 is 1.28 bits per heavy atom. The van der Waals surface area contributed by atoms with Crippen LogP contribution in [0.5, 0.6) is 0 Å². The molecule has 2 atom stereocenters. The SMILES string of the molecule is Cc1cc(C#N)nc(N2C[C@H](O)C[C@@H]2c2cccc(C(F)(F)F)c2)n1. The molecule has 1 fully saturated rings. The average molecular weight is 348 g/mol. The maximum absolute atomic E-state index is 13.0. The predicted molar refractivity (Wildman–Crippen MR) is 83.6 cm³/mol. The van der Waals surface area contributed by atoms with Gasteiger partial charge in [-0.25, -0.2) is 9.97 Å². The standard InChI is InChI=1S/C17H15F3N4O/c1-10-5-13(8-21)23-16(22-10)24-9-14(25)7-15(24)11-3-2-4-12(6-11)17(18,19)20/h2-6,14-15,25H,7,9H2,1H3/t14-,15-/m1/s1. The third kappa shape index (κ3) is 3.56. The second-order valence-electron chi connectivity index (χ2n) is 5.99. The highest BCUT2D eigenvalue weighted by atomic mass is 19.4. The van der Waals surface area contributed by atoms with Crippen LogP contribution in [0.25, 0.3) is 0 Å². The zero-order valence-corrected chi connectivity index (χ0v) is 13.3. The first-order chi connectivity index (χ1) is 11.8. The van der Waals surface area contributed by atoms with Gasteiger partial charge in [0.05, 0.1) is 17.7 Å². The minimum Gasteiger partial charge on any atom is -0.391 e. The maximum Gasteiger partial charge on any atom is 0.416 e. The molecule has 0 bridgehead atoms. The normalized spacial score (nSPS) is 20.6. The van der Waals surface area contributed by atoms with Crippen molar-refractivity contribution < 1.29 is 18.3 Å². The number of β-amino-alcohol motifs (C(OH)–C–C–N with tert-alkyl or cyclic N) is 1. The van der Waals surface area contributed by atoms with E-state index in [1.54, 1.807) is 17.9 Å². The van der Waals surface area contributed by atoms with Crippen LogP contribution in [0.1, 0.15) is 35.0 Å². The van der Waals surface area contributed by atoms with E-state index >= 15 is 0 Å². The number of hydrogen-bond acceptors (Lipinski definition) is 5. The molecule has 2 heterocycles. The summed E-state index contributed by atoms with van der Waals surface area (Å²) in [5, 5.41) is 19.1. The zero-order chi connectivity index (χ0) is 18.2. The van der Waals surface area contributed by atoms with E-state index in [4.69, 9.17) is 5.26 Å². The number of nitriles is 1. The number of benzene rings is 1. The minimum absolute atomic E-state index is 0.173. The Hall–Kier alpha value is -2.66. The molecule has 0 saturated carbocycles. The van der Waals surface area contributed by atoms with E-state index in [-0.39, 0.29) is 24.6 Å². The van der Waals surface area contributed by atoms with Crippen molar-refractivity contribution in [2.24, 2.45) is 0 Å². The van der Waals surface area contributed by atoms with Crippen molar-refractivity contribution in [3.05, 3.63) is 52.8 Å². The van der Waals surface area contributed by atoms with Crippen LogP contribution in [0.4, 0.5) is 19.1 Å². The number of halogens is 3. The molecule has 0 radical (unpaired) electrons. The lowest BCUT2D eigenvalue weighted by atomic mass is 10.0. The summed E-state index contributed by atoms with van der Waals surface area (Å²) in [5.41, 5.74) is 0.432. The van der Waals surface area contributed by atoms with E-state index in [0.717, 1.165) is 12.1 Å². The number of aryl methyl sites for hydroxylation is 1. The molecule has 5 nitrogen and oxygen atoms in total. The van der Waals surface area contributed by atoms with Crippen molar-refractivity contribution >= 4 is 5.95 Å². The summed E-state index contributed by atoms with van der Waals surface area (Å²) in [4.78, 5) is 10.1. The fourth-order valence-electron chi connectivity index (χ4n) is 3.01. The Balaban J connectivity index is 2.01. The van der Waals surface area contributed by atoms with Crippen LogP contribution in [0.3, 0.4) is 0 Å². The molecule has 130 valence electrons. The molecular weight excluding hydrogens is 333 g/mol. The smallest absolute Gasteiger partial charge is 0.391 e. The third-order valence-electron chi connectivity index (χ3n) is 4.09. The molecule has 0 spiro atoms. The fourth-order valence-corrected chi connectivity index (χ4v) is 3.01. The van der Waals surface area contributed by atoms with Crippen LogP contribution >= 0.6 is 0 Å². The van der Waals surface area contributed by atoms with Crippen molar-refractivity contribution in [3.63, 3.8) is 0 Å². The quantitative estimate of drug-likeness (QED) is 0.903. The Morgan fingerprint density at radius 2 is 2.04 bits per heavy atom. The van der Waals surface area contributed by atoms with Gasteiger partial charge in [0, 0.05) is 12.2 Å². The topological polar surface area (TPSA) is 73.0 Å². The minimum atomic E-state index is -4.44. The molecule has 8 heteroatoms. The number of aliphatic hydroxyl groups is 1. The van der Waals surface area contributed by atoms with Crippen LogP contribution in [0, 0.1) is 18.3 Å². The van der Waals surface area contributed by atoms with Crippen LogP contribution in [0.2, 0.25) is 0 Å². The van der Waals surface area contributed by atoms with Gasteiger partial charge < -0.3 is 10.0 Å². The summed E-state index contributed by atoms with van der Waals surface area (Å²) in [6.07, 6.45) is -4.89. The van der Waals surface area contributed by atoms with Crippen LogP contribution in [-0.2, 0) is 6.18 Å². The molecule has 1 aromatic carbocycles. The number of nitrogens with zero attached hydrogens (tertiary/aromatic N) is 4. The van der Waals surface area contributed by atoms with Gasteiger partial charge in [-0.15, -0.1) is 0 Å². The van der Waals surface area contributed by atoms with Crippen molar-refractivity contribution in [1.82, 2.24) is 9.97 Å². The van der Waals surface area contributed by atoms with E-state index in [1.807, 2.05) is 6.07 Å². The predicted octanol–water partition coefficient (Wildman–Crippen LogP) is 2.99. The van der Waals surface area contributed by atoms with E-state index in [2.05, 4.69) is 9.97 Å². The van der Waals surface area contributed by atoms with Crippen molar-refractivity contribution in [2.45, 2.75) is 31.7 Å². The van der Waals surface area contributed by atoms with E-state index in [0.29, 0.717) is 11.3 Å². The molecule has 0 amide bonds. The number of rotatable bonds is 2. The molecule has 0 unspecified atom stereocenters. The van der Waals surface area contributed by atoms with Gasteiger partial charge in [-0.1, -0.05) is 12.1 Å². The largest absolute Gasteiger partial charge is 0.416 e. The molecule has 1 aromatic heterocycles. The molecule has 25 heavy (non-hydrogen) atoms. The highest BCUT2D eigenvalue weighted by Crippen LogP contribution is 2.37. The summed E-state index contributed by atoms with van der Waals surface area (Å²) in [5.74, 6) is 0.232. The van der Waals surface area contributed by atoms with Crippen LogP contribution in [-0.4, -0.2) is 27.7 Å². The number of aromatic nitrogens is 2. The molecule has 1 saturated heterocycles. The monoisotopic (exact) mass is 348 g/mol. The average Bonchev–Trinajstić information content (AvgIpc) is 2.95. The lowest BCUT2D eigenvalue weighted by Gasteiger charge is -2.25. The lowest BCUT2D eigenvalue weighted by Crippen LogP contribution is -2.27. The lowest BCUT2D eigenvalue weighted by molar-refractivity contribution is -0.137. The first-order valence-electron chi connectivity index (χ1n) is 7.65. The van der Waals surface area contributed by atoms with Crippen LogP contribution < -0.4 is 4.90 Å². The molecule has 1 aliphatic heterocycles. The molecule has 0 aliphatic carbocycles. The number of alkyl halides is 3.